The molecule has 3 atom stereocenters. The average molecular weight is 616 g/mol. The predicted molar refractivity (Wildman–Crippen MR) is 174 cm³/mol. The molecule has 2 amide bonds. The van der Waals surface area contributed by atoms with E-state index in [2.05, 4.69) is 51.7 Å². The van der Waals surface area contributed by atoms with Gasteiger partial charge in [0.05, 0.1) is 5.69 Å². The highest BCUT2D eigenvalue weighted by Crippen LogP contribution is 2.31. The fourth-order valence-corrected chi connectivity index (χ4v) is 6.78. The molecule has 2 fully saturated rings. The standard InChI is InChI=1S/C35H42ClN5O3/c1-39-16-6-8-28(24-39)44-33-11-5-4-10-32(33)40-17-19-41(20-18-40)35(43)31(21-25-12-14-27(36)15-13-25)38-34(42)22-30-29-9-3-2-7-26(29)23-37-30/h2-5,7,9-15,28,30-31,37H,6,8,16-24H2,1H3,(H,38,42)/t28-,30?,31?/m0/s1. The first-order chi connectivity index (χ1) is 21.4. The van der Waals surface area contributed by atoms with Crippen LogP contribution in [0.3, 0.4) is 0 Å². The number of para-hydroxylation sites is 2. The molecule has 3 aliphatic rings. The molecular formula is C35H42ClN5O3. The van der Waals surface area contributed by atoms with Crippen molar-refractivity contribution in [3.8, 4) is 5.75 Å². The van der Waals surface area contributed by atoms with Gasteiger partial charge >= 0.3 is 0 Å². The number of nitrogens with zero attached hydrogens (tertiary/aromatic N) is 3. The number of piperidine rings is 1. The lowest BCUT2D eigenvalue weighted by molar-refractivity contribution is -0.136. The topological polar surface area (TPSA) is 77.2 Å². The number of hydrogen-bond acceptors (Lipinski definition) is 6. The summed E-state index contributed by atoms with van der Waals surface area (Å²) in [7, 11) is 2.14. The third-order valence-corrected chi connectivity index (χ3v) is 9.27. The molecule has 232 valence electrons. The molecule has 0 aliphatic carbocycles. The van der Waals surface area contributed by atoms with Crippen molar-refractivity contribution in [3.05, 3.63) is 94.5 Å². The number of amides is 2. The summed E-state index contributed by atoms with van der Waals surface area (Å²) in [6.45, 7) is 5.33. The van der Waals surface area contributed by atoms with Crippen LogP contribution in [0.15, 0.2) is 72.8 Å². The van der Waals surface area contributed by atoms with Crippen molar-refractivity contribution >= 4 is 29.1 Å². The van der Waals surface area contributed by atoms with E-state index in [1.54, 1.807) is 0 Å². The number of piperazine rings is 1. The minimum Gasteiger partial charge on any atom is -0.487 e. The maximum absolute atomic E-state index is 14.0. The number of likely N-dealkylation sites (N-methyl/N-ethyl adjacent to an activating group) is 1. The van der Waals surface area contributed by atoms with Crippen LogP contribution in [0.25, 0.3) is 0 Å². The van der Waals surface area contributed by atoms with Crippen LogP contribution in [-0.4, -0.2) is 80.1 Å². The van der Waals surface area contributed by atoms with Crippen molar-refractivity contribution in [1.82, 2.24) is 20.4 Å². The fraction of sp³-hybridized carbons (Fsp3) is 0.429. The molecule has 3 aromatic carbocycles. The van der Waals surface area contributed by atoms with Crippen molar-refractivity contribution < 1.29 is 14.3 Å². The molecule has 0 saturated carbocycles. The molecule has 0 radical (unpaired) electrons. The van der Waals surface area contributed by atoms with Crippen molar-refractivity contribution in [3.63, 3.8) is 0 Å². The average Bonchev–Trinajstić information content (AvgIpc) is 3.44. The summed E-state index contributed by atoms with van der Waals surface area (Å²) in [4.78, 5) is 33.8. The van der Waals surface area contributed by atoms with Gasteiger partial charge in [0.25, 0.3) is 0 Å². The monoisotopic (exact) mass is 615 g/mol. The van der Waals surface area contributed by atoms with E-state index in [0.717, 1.165) is 55.0 Å². The smallest absolute Gasteiger partial charge is 0.245 e. The summed E-state index contributed by atoms with van der Waals surface area (Å²) in [5, 5.41) is 7.17. The quantitative estimate of drug-likeness (QED) is 0.371. The number of halogens is 1. The van der Waals surface area contributed by atoms with E-state index in [1.807, 2.05) is 53.4 Å². The molecule has 9 heteroatoms. The highest BCUT2D eigenvalue weighted by Gasteiger charge is 2.31. The highest BCUT2D eigenvalue weighted by atomic mass is 35.5. The Bertz CT molecular complexity index is 1440. The van der Waals surface area contributed by atoms with Crippen LogP contribution >= 0.6 is 11.6 Å². The van der Waals surface area contributed by atoms with Gasteiger partial charge < -0.3 is 30.1 Å². The summed E-state index contributed by atoms with van der Waals surface area (Å²) in [6, 6.07) is 23.2. The van der Waals surface area contributed by atoms with Crippen LogP contribution in [0.1, 0.15) is 42.0 Å². The Labute approximate surface area is 265 Å². The first kappa shape index (κ1) is 30.4. The zero-order valence-electron chi connectivity index (χ0n) is 25.4. The van der Waals surface area contributed by atoms with Crippen molar-refractivity contribution in [2.75, 3.05) is 51.2 Å². The number of nitrogens with one attached hydrogen (secondary N) is 2. The number of likely N-dealkylation sites (tertiary alicyclic amines) is 1. The van der Waals surface area contributed by atoms with E-state index in [-0.39, 0.29) is 30.4 Å². The Morgan fingerprint density at radius 1 is 0.977 bits per heavy atom. The third kappa shape index (κ3) is 7.37. The second-order valence-corrected chi connectivity index (χ2v) is 12.6. The Hall–Kier alpha value is -3.59. The number of carbonyl (C=O) groups is 2. The molecule has 2 N–H and O–H groups in total. The third-order valence-electron chi connectivity index (χ3n) is 9.02. The van der Waals surface area contributed by atoms with E-state index in [4.69, 9.17) is 16.3 Å². The van der Waals surface area contributed by atoms with Crippen LogP contribution in [0.5, 0.6) is 5.75 Å². The van der Waals surface area contributed by atoms with Gasteiger partial charge in [0.15, 0.2) is 0 Å². The molecular weight excluding hydrogens is 574 g/mol. The van der Waals surface area contributed by atoms with Crippen molar-refractivity contribution in [2.45, 2.75) is 50.4 Å². The minimum atomic E-state index is -0.661. The second-order valence-electron chi connectivity index (χ2n) is 12.2. The minimum absolute atomic E-state index is 0.0532. The molecule has 3 aromatic rings. The Balaban J connectivity index is 1.11. The number of benzene rings is 3. The maximum Gasteiger partial charge on any atom is 0.245 e. The molecule has 2 saturated heterocycles. The van der Waals surface area contributed by atoms with Gasteiger partial charge in [0.2, 0.25) is 11.8 Å². The highest BCUT2D eigenvalue weighted by molar-refractivity contribution is 6.30. The molecule has 8 nitrogen and oxygen atoms in total. The van der Waals surface area contributed by atoms with Crippen LogP contribution in [0.2, 0.25) is 5.02 Å². The molecule has 3 aliphatic heterocycles. The van der Waals surface area contributed by atoms with Gasteiger partial charge in [0, 0.05) is 63.2 Å². The van der Waals surface area contributed by atoms with E-state index < -0.39 is 6.04 Å². The zero-order valence-corrected chi connectivity index (χ0v) is 26.1. The lowest BCUT2D eigenvalue weighted by Crippen LogP contribution is -2.55. The number of rotatable bonds is 9. The van der Waals surface area contributed by atoms with Gasteiger partial charge in [-0.1, -0.05) is 60.1 Å². The van der Waals surface area contributed by atoms with E-state index >= 15 is 0 Å². The Morgan fingerprint density at radius 3 is 2.52 bits per heavy atom. The first-order valence-corrected chi connectivity index (χ1v) is 16.1. The predicted octanol–water partition coefficient (Wildman–Crippen LogP) is 4.42. The summed E-state index contributed by atoms with van der Waals surface area (Å²) in [5.41, 5.74) is 4.40. The van der Waals surface area contributed by atoms with E-state index in [1.165, 1.54) is 5.56 Å². The van der Waals surface area contributed by atoms with Crippen molar-refractivity contribution in [1.29, 1.82) is 0 Å². The van der Waals surface area contributed by atoms with Crippen LogP contribution < -0.4 is 20.3 Å². The van der Waals surface area contributed by atoms with Crippen LogP contribution in [-0.2, 0) is 22.6 Å². The number of hydrogen-bond donors (Lipinski definition) is 2. The number of ether oxygens (including phenoxy) is 1. The zero-order chi connectivity index (χ0) is 30.5. The molecule has 44 heavy (non-hydrogen) atoms. The van der Waals surface area contributed by atoms with Gasteiger partial charge in [-0.3, -0.25) is 9.59 Å². The van der Waals surface area contributed by atoms with Gasteiger partial charge in [0.1, 0.15) is 17.9 Å². The normalized spacial score (nSPS) is 21.0. The lowest BCUT2D eigenvalue weighted by Gasteiger charge is -2.39. The van der Waals surface area contributed by atoms with Crippen LogP contribution in [0, 0.1) is 0 Å². The SMILES string of the molecule is CN1CCC[C@H](Oc2ccccc2N2CCN(C(=O)C(Cc3ccc(Cl)cc3)NC(=O)CC3NCc4ccccc43)CC2)C1. The summed E-state index contributed by atoms with van der Waals surface area (Å²) in [6.07, 6.45) is 3.07. The van der Waals surface area contributed by atoms with Gasteiger partial charge in [-0.2, -0.15) is 0 Å². The molecule has 0 spiro atoms. The van der Waals surface area contributed by atoms with Crippen molar-refractivity contribution in [2.24, 2.45) is 0 Å². The second kappa shape index (κ2) is 14.0. The summed E-state index contributed by atoms with van der Waals surface area (Å²) in [5.74, 6) is 0.717. The molecule has 3 heterocycles. The molecule has 6 rings (SSSR count). The Morgan fingerprint density at radius 2 is 1.73 bits per heavy atom. The number of fused-ring (bicyclic) bond motifs is 1. The maximum atomic E-state index is 14.0. The van der Waals surface area contributed by atoms with Crippen LogP contribution in [0.4, 0.5) is 5.69 Å². The van der Waals surface area contributed by atoms with Gasteiger partial charge in [-0.25, -0.2) is 0 Å². The Kier molecular flexibility index (Phi) is 9.69. The number of carbonyl (C=O) groups excluding carboxylic acids is 2. The molecule has 2 unspecified atom stereocenters. The van der Waals surface area contributed by atoms with Gasteiger partial charge in [-0.05, 0) is 67.4 Å². The van der Waals surface area contributed by atoms with E-state index in [9.17, 15) is 9.59 Å². The summed E-state index contributed by atoms with van der Waals surface area (Å²) >= 11 is 6.12. The fourth-order valence-electron chi connectivity index (χ4n) is 6.66. The molecule has 0 bridgehead atoms. The van der Waals surface area contributed by atoms with E-state index in [0.29, 0.717) is 37.6 Å². The lowest BCUT2D eigenvalue weighted by atomic mass is 10.0. The molecule has 0 aromatic heterocycles. The largest absolute Gasteiger partial charge is 0.487 e. The first-order valence-electron chi connectivity index (χ1n) is 15.8. The summed E-state index contributed by atoms with van der Waals surface area (Å²) < 4.78 is 6.49. The number of anilines is 1. The van der Waals surface area contributed by atoms with Gasteiger partial charge in [-0.15, -0.1) is 0 Å².